The van der Waals surface area contributed by atoms with Crippen LogP contribution in [0.1, 0.15) is 11.1 Å². The average molecular weight is 228 g/mol. The third-order valence-electron chi connectivity index (χ3n) is 2.41. The molecule has 0 aliphatic carbocycles. The highest BCUT2D eigenvalue weighted by Gasteiger charge is 2.03. The zero-order valence-corrected chi connectivity index (χ0v) is 8.93. The number of nitrogens with zero attached hydrogens (tertiary/aromatic N) is 2. The van der Waals surface area contributed by atoms with Crippen molar-refractivity contribution in [3.8, 4) is 6.07 Å². The van der Waals surface area contributed by atoms with Crippen molar-refractivity contribution < 1.29 is 4.39 Å². The van der Waals surface area contributed by atoms with Gasteiger partial charge in [-0.15, -0.1) is 0 Å². The molecule has 3 nitrogen and oxygen atoms in total. The quantitative estimate of drug-likeness (QED) is 0.788. The van der Waals surface area contributed by atoms with E-state index in [0.717, 1.165) is 0 Å². The average Bonchev–Trinajstić information content (AvgIpc) is 2.32. The molecule has 0 unspecified atom stereocenters. The normalized spacial score (nSPS) is 9.88. The summed E-state index contributed by atoms with van der Waals surface area (Å²) in [4.78, 5) is 11.4. The fourth-order valence-corrected chi connectivity index (χ4v) is 1.54. The summed E-state index contributed by atoms with van der Waals surface area (Å²) in [5.41, 5.74) is 0.515. The monoisotopic (exact) mass is 228 g/mol. The molecule has 1 aromatic carbocycles. The maximum Gasteiger partial charge on any atom is 0.250 e. The first-order valence-corrected chi connectivity index (χ1v) is 5.05. The molecule has 84 valence electrons. The molecule has 0 amide bonds. The Morgan fingerprint density at radius 2 is 2.12 bits per heavy atom. The molecule has 0 saturated carbocycles. The van der Waals surface area contributed by atoms with Crippen molar-refractivity contribution >= 4 is 0 Å². The van der Waals surface area contributed by atoms with Gasteiger partial charge in [-0.05, 0) is 23.8 Å². The van der Waals surface area contributed by atoms with Crippen LogP contribution >= 0.6 is 0 Å². The fraction of sp³-hybridized carbons (Fsp3) is 0.0769. The van der Waals surface area contributed by atoms with E-state index in [9.17, 15) is 9.18 Å². The molecule has 4 heteroatoms. The van der Waals surface area contributed by atoms with Gasteiger partial charge in [-0.3, -0.25) is 4.79 Å². The van der Waals surface area contributed by atoms with Crippen LogP contribution in [0.3, 0.4) is 0 Å². The molecule has 2 aromatic rings. The van der Waals surface area contributed by atoms with E-state index < -0.39 is 5.82 Å². The van der Waals surface area contributed by atoms with E-state index in [1.807, 2.05) is 0 Å². The molecule has 0 spiro atoms. The lowest BCUT2D eigenvalue weighted by molar-refractivity contribution is 0.619. The largest absolute Gasteiger partial charge is 0.311 e. The minimum Gasteiger partial charge on any atom is -0.311 e. The number of halogens is 1. The van der Waals surface area contributed by atoms with Gasteiger partial charge < -0.3 is 4.57 Å². The van der Waals surface area contributed by atoms with Crippen LogP contribution in [0.25, 0.3) is 0 Å². The second-order valence-corrected chi connectivity index (χ2v) is 3.59. The van der Waals surface area contributed by atoms with E-state index in [-0.39, 0.29) is 11.1 Å². The zero-order valence-electron chi connectivity index (χ0n) is 8.93. The fourth-order valence-electron chi connectivity index (χ4n) is 1.54. The summed E-state index contributed by atoms with van der Waals surface area (Å²) >= 11 is 0. The second-order valence-electron chi connectivity index (χ2n) is 3.59. The van der Waals surface area contributed by atoms with E-state index in [0.29, 0.717) is 12.1 Å². The van der Waals surface area contributed by atoms with Gasteiger partial charge in [-0.25, -0.2) is 4.39 Å². The number of aromatic nitrogens is 1. The summed E-state index contributed by atoms with van der Waals surface area (Å²) in [6.07, 6.45) is 1.64. The van der Waals surface area contributed by atoms with Crippen molar-refractivity contribution in [3.63, 3.8) is 0 Å². The first-order chi connectivity index (χ1) is 8.20. The molecule has 17 heavy (non-hydrogen) atoms. The van der Waals surface area contributed by atoms with Gasteiger partial charge in [-0.2, -0.15) is 5.26 Å². The molecule has 0 radical (unpaired) electrons. The van der Waals surface area contributed by atoms with E-state index in [2.05, 4.69) is 0 Å². The van der Waals surface area contributed by atoms with Crippen molar-refractivity contribution in [2.75, 3.05) is 0 Å². The van der Waals surface area contributed by atoms with Crippen LogP contribution in [0.15, 0.2) is 47.4 Å². The minimum atomic E-state index is -0.561. The zero-order chi connectivity index (χ0) is 12.3. The third kappa shape index (κ3) is 2.40. The SMILES string of the molecule is N#Cc1ccc(Cn2ccccc2=O)cc1F. The van der Waals surface area contributed by atoms with Crippen LogP contribution in [0, 0.1) is 17.1 Å². The molecular weight excluding hydrogens is 219 g/mol. The maximum absolute atomic E-state index is 13.3. The maximum atomic E-state index is 13.3. The minimum absolute atomic E-state index is 0.00848. The molecule has 0 aliphatic rings. The van der Waals surface area contributed by atoms with Crippen LogP contribution in [0.5, 0.6) is 0 Å². The predicted octanol–water partition coefficient (Wildman–Crippen LogP) is 1.91. The number of pyridine rings is 1. The Labute approximate surface area is 97.4 Å². The molecule has 0 aliphatic heterocycles. The number of nitriles is 1. The Kier molecular flexibility index (Phi) is 3.01. The van der Waals surface area contributed by atoms with Gasteiger partial charge in [0.25, 0.3) is 5.56 Å². The molecule has 1 heterocycles. The Morgan fingerprint density at radius 1 is 1.29 bits per heavy atom. The Hall–Kier alpha value is -2.41. The third-order valence-corrected chi connectivity index (χ3v) is 2.41. The van der Waals surface area contributed by atoms with Gasteiger partial charge in [0.15, 0.2) is 0 Å². The van der Waals surface area contributed by atoms with E-state index >= 15 is 0 Å². The van der Waals surface area contributed by atoms with Crippen LogP contribution in [-0.2, 0) is 6.54 Å². The highest BCUT2D eigenvalue weighted by Crippen LogP contribution is 2.10. The van der Waals surface area contributed by atoms with Gasteiger partial charge in [0, 0.05) is 12.3 Å². The first-order valence-electron chi connectivity index (χ1n) is 5.05. The summed E-state index contributed by atoms with van der Waals surface area (Å²) in [5.74, 6) is -0.561. The molecule has 0 bridgehead atoms. The number of hydrogen-bond donors (Lipinski definition) is 0. The molecule has 0 fully saturated rings. The van der Waals surface area contributed by atoms with Gasteiger partial charge >= 0.3 is 0 Å². The summed E-state index contributed by atoms with van der Waals surface area (Å²) in [5, 5.41) is 8.60. The Bertz CT molecular complexity index is 640. The highest BCUT2D eigenvalue weighted by atomic mass is 19.1. The second kappa shape index (κ2) is 4.62. The first kappa shape index (κ1) is 11.1. The molecule has 1 aromatic heterocycles. The topological polar surface area (TPSA) is 45.8 Å². The van der Waals surface area contributed by atoms with Crippen LogP contribution < -0.4 is 5.56 Å². The van der Waals surface area contributed by atoms with Crippen molar-refractivity contribution in [3.05, 3.63) is 69.9 Å². The van der Waals surface area contributed by atoms with E-state index in [4.69, 9.17) is 5.26 Å². The van der Waals surface area contributed by atoms with Gasteiger partial charge in [-0.1, -0.05) is 12.1 Å². The standard InChI is InChI=1S/C13H9FN2O/c14-12-7-10(4-5-11(12)8-15)9-16-6-2-1-3-13(16)17/h1-7H,9H2. The Morgan fingerprint density at radius 3 is 2.76 bits per heavy atom. The van der Waals surface area contributed by atoms with Crippen molar-refractivity contribution in [2.45, 2.75) is 6.54 Å². The summed E-state index contributed by atoms with van der Waals surface area (Å²) in [6.45, 7) is 0.294. The van der Waals surface area contributed by atoms with Crippen molar-refractivity contribution in [1.82, 2.24) is 4.57 Å². The summed E-state index contributed by atoms with van der Waals surface area (Å²) in [6, 6.07) is 10.9. The van der Waals surface area contributed by atoms with Gasteiger partial charge in [0.05, 0.1) is 12.1 Å². The smallest absolute Gasteiger partial charge is 0.250 e. The van der Waals surface area contributed by atoms with E-state index in [1.165, 1.54) is 22.8 Å². The number of benzene rings is 1. The van der Waals surface area contributed by atoms with Crippen LogP contribution in [0.2, 0.25) is 0 Å². The van der Waals surface area contributed by atoms with Crippen molar-refractivity contribution in [1.29, 1.82) is 5.26 Å². The van der Waals surface area contributed by atoms with Crippen LogP contribution in [-0.4, -0.2) is 4.57 Å². The molecule has 2 rings (SSSR count). The molecule has 0 N–H and O–H groups in total. The predicted molar refractivity (Wildman–Crippen MR) is 60.9 cm³/mol. The highest BCUT2D eigenvalue weighted by molar-refractivity contribution is 5.33. The molecule has 0 saturated heterocycles. The lowest BCUT2D eigenvalue weighted by Gasteiger charge is -2.05. The number of rotatable bonds is 2. The summed E-state index contributed by atoms with van der Waals surface area (Å²) in [7, 11) is 0. The van der Waals surface area contributed by atoms with Gasteiger partial charge in [0.1, 0.15) is 11.9 Å². The van der Waals surface area contributed by atoms with Crippen LogP contribution in [0.4, 0.5) is 4.39 Å². The van der Waals surface area contributed by atoms with E-state index in [1.54, 1.807) is 30.5 Å². The molecule has 0 atom stereocenters. The van der Waals surface area contributed by atoms with Gasteiger partial charge in [0.2, 0.25) is 0 Å². The lowest BCUT2D eigenvalue weighted by atomic mass is 10.1. The molecular formula is C13H9FN2O. The Balaban J connectivity index is 2.32. The number of hydrogen-bond acceptors (Lipinski definition) is 2. The summed E-state index contributed by atoms with van der Waals surface area (Å²) < 4.78 is 14.8. The lowest BCUT2D eigenvalue weighted by Crippen LogP contribution is -2.18. The van der Waals surface area contributed by atoms with Crippen molar-refractivity contribution in [2.24, 2.45) is 0 Å².